The molecule has 3 heterocycles. The van der Waals surface area contributed by atoms with Crippen LogP contribution in [0.4, 0.5) is 17.6 Å². The summed E-state index contributed by atoms with van der Waals surface area (Å²) >= 11 is 5.38. The predicted octanol–water partition coefficient (Wildman–Crippen LogP) is 1.85. The van der Waals surface area contributed by atoms with Crippen LogP contribution in [0.25, 0.3) is 0 Å². The van der Waals surface area contributed by atoms with E-state index in [1.54, 1.807) is 20.8 Å². The zero-order chi connectivity index (χ0) is 32.2. The summed E-state index contributed by atoms with van der Waals surface area (Å²) in [6, 6.07) is -2.06. The van der Waals surface area contributed by atoms with E-state index in [0.29, 0.717) is 24.0 Å². The van der Waals surface area contributed by atoms with Gasteiger partial charge in [0.2, 0.25) is 17.6 Å². The van der Waals surface area contributed by atoms with E-state index in [-0.39, 0.29) is 36.2 Å². The summed E-state index contributed by atoms with van der Waals surface area (Å²) in [5.74, 6) is -6.97. The van der Waals surface area contributed by atoms with Gasteiger partial charge in [-0.2, -0.15) is 13.2 Å². The summed E-state index contributed by atoms with van der Waals surface area (Å²) < 4.78 is 56.9. The van der Waals surface area contributed by atoms with Gasteiger partial charge in [0.1, 0.15) is 12.1 Å². The monoisotopic (exact) mass is 636 g/mol. The fraction of sp³-hybridized carbons (Fsp3) is 0.692. The Hall–Kier alpha value is -3.43. The first-order valence-electron chi connectivity index (χ1n) is 13.6. The van der Waals surface area contributed by atoms with Gasteiger partial charge in [-0.15, -0.1) is 0 Å². The highest BCUT2D eigenvalue weighted by molar-refractivity contribution is 6.29. The van der Waals surface area contributed by atoms with Crippen LogP contribution in [0.1, 0.15) is 57.3 Å². The fourth-order valence-corrected chi connectivity index (χ4v) is 6.01. The molecule has 4 rings (SSSR count). The largest absolute Gasteiger partial charge is 0.452 e. The van der Waals surface area contributed by atoms with Gasteiger partial charge in [-0.1, -0.05) is 51.4 Å². The third-order valence-electron chi connectivity index (χ3n) is 8.43. The molecule has 0 aromatic carbocycles. The molecule has 1 aromatic heterocycles. The highest BCUT2D eigenvalue weighted by atomic mass is 35.5. The van der Waals surface area contributed by atoms with Crippen molar-refractivity contribution in [2.24, 2.45) is 28.6 Å². The van der Waals surface area contributed by atoms with E-state index >= 15 is 0 Å². The molecule has 2 aliphatic heterocycles. The second-order valence-corrected chi connectivity index (χ2v) is 13.1. The highest BCUT2D eigenvalue weighted by Crippen LogP contribution is 2.65. The number of hydrogen-bond donors (Lipinski definition) is 3. The summed E-state index contributed by atoms with van der Waals surface area (Å²) in [4.78, 5) is 66.4. The number of carbonyl (C=O) groups excluding carboxylic acids is 5. The highest BCUT2D eigenvalue weighted by Gasteiger charge is 2.70. The minimum Gasteiger partial charge on any atom is -0.356 e. The van der Waals surface area contributed by atoms with E-state index in [4.69, 9.17) is 11.6 Å². The van der Waals surface area contributed by atoms with Crippen molar-refractivity contribution in [3.05, 3.63) is 17.5 Å². The van der Waals surface area contributed by atoms with E-state index in [9.17, 15) is 41.5 Å². The molecule has 2 saturated heterocycles. The lowest BCUT2D eigenvalue weighted by Gasteiger charge is -2.38. The van der Waals surface area contributed by atoms with Crippen molar-refractivity contribution in [2.75, 3.05) is 19.6 Å². The molecule has 0 bridgehead atoms. The molecular formula is C26H33ClF4N6O6. The molecular weight excluding hydrogens is 604 g/mol. The lowest BCUT2D eigenvalue weighted by Crippen LogP contribution is -2.61. The molecule has 3 fully saturated rings. The van der Waals surface area contributed by atoms with Crippen LogP contribution < -0.4 is 16.1 Å². The minimum absolute atomic E-state index is 0.111. The number of alkyl halides is 5. The number of hydrazine groups is 1. The number of carbonyl (C=O) groups is 5. The Morgan fingerprint density at radius 3 is 2.42 bits per heavy atom. The Morgan fingerprint density at radius 1 is 1.26 bits per heavy atom. The van der Waals surface area contributed by atoms with E-state index in [1.807, 2.05) is 13.8 Å². The SMILES string of the molecule is CC(C)(C)C(NC(=O)c1cc(C(F)(F)F)on1)C(=O)N1C[C@H]2[C@@H]([C@H]1C(=O)NN(C[C@@H]1CCNC1=O)C(=O)C(F)Cl)C2(C)C. The van der Waals surface area contributed by atoms with Crippen molar-refractivity contribution in [3.8, 4) is 0 Å². The summed E-state index contributed by atoms with van der Waals surface area (Å²) in [7, 11) is 0. The summed E-state index contributed by atoms with van der Waals surface area (Å²) in [5.41, 5.74) is -2.20. The topological polar surface area (TPSA) is 154 Å². The van der Waals surface area contributed by atoms with Crippen LogP contribution in [0.3, 0.4) is 0 Å². The number of nitrogens with zero attached hydrogens (tertiary/aromatic N) is 3. The van der Waals surface area contributed by atoms with Crippen molar-refractivity contribution < 1.29 is 46.1 Å². The molecule has 6 atom stereocenters. The maximum atomic E-state index is 14.0. The van der Waals surface area contributed by atoms with Gasteiger partial charge in [0.15, 0.2) is 5.69 Å². The molecule has 43 heavy (non-hydrogen) atoms. The molecule has 0 spiro atoms. The Balaban J connectivity index is 1.57. The second-order valence-electron chi connectivity index (χ2n) is 12.7. The number of hydrogen-bond acceptors (Lipinski definition) is 7. The molecule has 2 unspecified atom stereocenters. The number of likely N-dealkylation sites (tertiary alicyclic amines) is 1. The lowest BCUT2D eigenvalue weighted by molar-refractivity contribution is -0.155. The molecule has 5 amide bonds. The zero-order valence-corrected chi connectivity index (χ0v) is 24.8. The average Bonchev–Trinajstić information content (AvgIpc) is 3.44. The van der Waals surface area contributed by atoms with Crippen molar-refractivity contribution >= 4 is 41.1 Å². The van der Waals surface area contributed by atoms with E-state index < -0.39 is 70.3 Å². The van der Waals surface area contributed by atoms with Gasteiger partial charge in [0.25, 0.3) is 23.4 Å². The quantitative estimate of drug-likeness (QED) is 0.235. The maximum absolute atomic E-state index is 14.0. The number of rotatable bonds is 7. The second kappa shape index (κ2) is 11.2. The van der Waals surface area contributed by atoms with Crippen molar-refractivity contribution in [3.63, 3.8) is 0 Å². The Labute approximate surface area is 249 Å². The van der Waals surface area contributed by atoms with Gasteiger partial charge in [-0.3, -0.25) is 29.4 Å². The van der Waals surface area contributed by atoms with Crippen LogP contribution in [0.15, 0.2) is 10.6 Å². The Morgan fingerprint density at radius 2 is 1.91 bits per heavy atom. The fourth-order valence-electron chi connectivity index (χ4n) is 5.90. The number of fused-ring (bicyclic) bond motifs is 1. The Bertz CT molecular complexity index is 1310. The van der Waals surface area contributed by atoms with Gasteiger partial charge < -0.3 is 20.1 Å². The van der Waals surface area contributed by atoms with Crippen molar-refractivity contribution in [2.45, 2.75) is 64.9 Å². The van der Waals surface area contributed by atoms with Crippen LogP contribution in [0, 0.1) is 28.6 Å². The van der Waals surface area contributed by atoms with Crippen LogP contribution >= 0.6 is 11.6 Å². The third kappa shape index (κ3) is 6.43. The van der Waals surface area contributed by atoms with Crippen LogP contribution in [-0.4, -0.2) is 82.0 Å². The first-order chi connectivity index (χ1) is 19.7. The number of aromatic nitrogens is 1. The molecule has 238 valence electrons. The van der Waals surface area contributed by atoms with E-state index in [0.717, 1.165) is 0 Å². The first-order valence-corrected chi connectivity index (χ1v) is 14.0. The van der Waals surface area contributed by atoms with Gasteiger partial charge in [-0.25, -0.2) is 9.40 Å². The lowest BCUT2D eigenvalue weighted by atomic mass is 9.85. The number of amides is 5. The maximum Gasteiger partial charge on any atom is 0.452 e. The van der Waals surface area contributed by atoms with Crippen LogP contribution in [0.2, 0.25) is 0 Å². The standard InChI is InChI=1S/C26H33ClF4N6O6/c1-24(2,3)17(33-20(39)13-8-14(43-35-13)26(29,30)31)22(41)36-10-12-15(25(12,4)5)16(36)21(40)34-37(23(42)18(27)28)9-11-6-7-32-19(11)38/h8,11-12,15-18H,6-7,9-10H2,1-5H3,(H,32,38)(H,33,39)(H,34,40)/t11-,12-,15-,16-,17?,18?/m0/s1. The van der Waals surface area contributed by atoms with Gasteiger partial charge >= 0.3 is 6.18 Å². The summed E-state index contributed by atoms with van der Waals surface area (Å²) in [6.45, 7) is 8.75. The molecule has 1 aromatic rings. The van der Waals surface area contributed by atoms with Gasteiger partial charge in [-0.05, 0) is 29.1 Å². The third-order valence-corrected chi connectivity index (χ3v) is 8.62. The summed E-state index contributed by atoms with van der Waals surface area (Å²) in [5, 5.41) is 8.82. The van der Waals surface area contributed by atoms with Gasteiger partial charge in [0.05, 0.1) is 12.5 Å². The molecule has 0 radical (unpaired) electrons. The first kappa shape index (κ1) is 32.5. The molecule has 1 aliphatic carbocycles. The zero-order valence-electron chi connectivity index (χ0n) is 24.1. The van der Waals surface area contributed by atoms with Crippen molar-refractivity contribution in [1.82, 2.24) is 31.1 Å². The predicted molar refractivity (Wildman–Crippen MR) is 140 cm³/mol. The smallest absolute Gasteiger partial charge is 0.356 e. The minimum atomic E-state index is -4.88. The van der Waals surface area contributed by atoms with Crippen molar-refractivity contribution in [1.29, 1.82) is 0 Å². The normalized spacial score (nSPS) is 25.8. The van der Waals surface area contributed by atoms with E-state index in [1.165, 1.54) is 4.90 Å². The van der Waals surface area contributed by atoms with Crippen LogP contribution in [0.5, 0.6) is 0 Å². The summed E-state index contributed by atoms with van der Waals surface area (Å²) in [6.07, 6.45) is -4.54. The Kier molecular flexibility index (Phi) is 8.50. The average molecular weight is 637 g/mol. The number of nitrogens with one attached hydrogen (secondary N) is 3. The van der Waals surface area contributed by atoms with E-state index in [2.05, 4.69) is 25.7 Å². The molecule has 3 N–H and O–H groups in total. The number of piperidine rings is 1. The van der Waals surface area contributed by atoms with Gasteiger partial charge in [0, 0.05) is 19.2 Å². The molecule has 1 saturated carbocycles. The van der Waals surface area contributed by atoms with Crippen LogP contribution in [-0.2, 0) is 25.4 Å². The molecule has 17 heteroatoms. The number of halogens is 5. The molecule has 3 aliphatic rings. The molecule has 12 nitrogen and oxygen atoms in total.